The SMILES string of the molecule is CC1COc2ccc(C(O)C3OCCC3C)cc2OC1. The third kappa shape index (κ3) is 2.63. The van der Waals surface area contributed by atoms with Crippen molar-refractivity contribution in [1.82, 2.24) is 0 Å². The highest BCUT2D eigenvalue weighted by Crippen LogP contribution is 2.36. The van der Waals surface area contributed by atoms with Gasteiger partial charge in [0, 0.05) is 12.5 Å². The second kappa shape index (κ2) is 5.62. The normalized spacial score (nSPS) is 30.9. The van der Waals surface area contributed by atoms with Gasteiger partial charge in [0.1, 0.15) is 6.10 Å². The molecule has 1 fully saturated rings. The van der Waals surface area contributed by atoms with Gasteiger partial charge in [-0.2, -0.15) is 0 Å². The number of hydrogen-bond donors (Lipinski definition) is 1. The van der Waals surface area contributed by atoms with Crippen LogP contribution in [0.25, 0.3) is 0 Å². The fourth-order valence-electron chi connectivity index (χ4n) is 2.76. The van der Waals surface area contributed by atoms with Gasteiger partial charge in [-0.1, -0.05) is 19.9 Å². The van der Waals surface area contributed by atoms with Crippen LogP contribution in [0.2, 0.25) is 0 Å². The highest BCUT2D eigenvalue weighted by Gasteiger charge is 2.32. The summed E-state index contributed by atoms with van der Waals surface area (Å²) in [5, 5.41) is 10.5. The molecule has 2 aliphatic rings. The third-order valence-corrected chi connectivity index (χ3v) is 4.11. The topological polar surface area (TPSA) is 47.9 Å². The predicted molar refractivity (Wildman–Crippen MR) is 75.1 cm³/mol. The second-order valence-corrected chi connectivity index (χ2v) is 5.98. The van der Waals surface area contributed by atoms with Gasteiger partial charge in [0.05, 0.1) is 19.3 Å². The van der Waals surface area contributed by atoms with E-state index < -0.39 is 6.10 Å². The van der Waals surface area contributed by atoms with Gasteiger partial charge >= 0.3 is 0 Å². The van der Waals surface area contributed by atoms with Crippen LogP contribution < -0.4 is 9.47 Å². The standard InChI is InChI=1S/C16H22O4/c1-10-8-19-13-4-3-12(7-14(13)20-9-10)15(17)16-11(2)5-6-18-16/h3-4,7,10-11,15-17H,5-6,8-9H2,1-2H3. The van der Waals surface area contributed by atoms with Gasteiger partial charge in [-0.25, -0.2) is 0 Å². The van der Waals surface area contributed by atoms with Gasteiger partial charge in [-0.05, 0) is 30.0 Å². The first-order valence-electron chi connectivity index (χ1n) is 7.34. The molecule has 1 aromatic rings. The van der Waals surface area contributed by atoms with Crippen LogP contribution in [0.15, 0.2) is 18.2 Å². The third-order valence-electron chi connectivity index (χ3n) is 4.11. The van der Waals surface area contributed by atoms with Crippen LogP contribution in [0.4, 0.5) is 0 Å². The Bertz CT molecular complexity index is 474. The van der Waals surface area contributed by atoms with Gasteiger partial charge in [0.25, 0.3) is 0 Å². The number of fused-ring (bicyclic) bond motifs is 1. The molecule has 4 unspecified atom stereocenters. The zero-order chi connectivity index (χ0) is 14.1. The highest BCUT2D eigenvalue weighted by atomic mass is 16.5. The monoisotopic (exact) mass is 278 g/mol. The molecule has 0 aromatic heterocycles. The molecule has 0 amide bonds. The summed E-state index contributed by atoms with van der Waals surface area (Å²) < 4.78 is 17.1. The maximum absolute atomic E-state index is 10.5. The van der Waals surface area contributed by atoms with Gasteiger partial charge in [-0.15, -0.1) is 0 Å². The zero-order valence-electron chi connectivity index (χ0n) is 12.0. The van der Waals surface area contributed by atoms with Crippen molar-refractivity contribution in [1.29, 1.82) is 0 Å². The Morgan fingerprint density at radius 1 is 1.15 bits per heavy atom. The van der Waals surface area contributed by atoms with Crippen molar-refractivity contribution < 1.29 is 19.3 Å². The molecule has 4 nitrogen and oxygen atoms in total. The van der Waals surface area contributed by atoms with E-state index in [-0.39, 0.29) is 6.10 Å². The molecule has 0 aliphatic carbocycles. The van der Waals surface area contributed by atoms with Crippen LogP contribution in [-0.4, -0.2) is 31.0 Å². The van der Waals surface area contributed by atoms with Gasteiger partial charge in [-0.3, -0.25) is 0 Å². The van der Waals surface area contributed by atoms with Crippen molar-refractivity contribution in [3.8, 4) is 11.5 Å². The summed E-state index contributed by atoms with van der Waals surface area (Å²) in [4.78, 5) is 0. The largest absolute Gasteiger partial charge is 0.489 e. The summed E-state index contributed by atoms with van der Waals surface area (Å²) in [6.07, 6.45) is 0.268. The first-order chi connectivity index (χ1) is 9.65. The van der Waals surface area contributed by atoms with Gasteiger partial charge < -0.3 is 19.3 Å². The van der Waals surface area contributed by atoms with Crippen LogP contribution in [0.3, 0.4) is 0 Å². The molecule has 110 valence electrons. The molecule has 1 aromatic carbocycles. The predicted octanol–water partition coefficient (Wildman–Crippen LogP) is 2.55. The maximum atomic E-state index is 10.5. The van der Waals surface area contributed by atoms with Gasteiger partial charge in [0.2, 0.25) is 0 Å². The average Bonchev–Trinajstić information content (AvgIpc) is 2.79. The number of ether oxygens (including phenoxy) is 3. The van der Waals surface area contributed by atoms with E-state index >= 15 is 0 Å². The molecular formula is C16H22O4. The van der Waals surface area contributed by atoms with Crippen molar-refractivity contribution in [3.63, 3.8) is 0 Å². The maximum Gasteiger partial charge on any atom is 0.161 e. The summed E-state index contributed by atoms with van der Waals surface area (Å²) in [6, 6.07) is 5.66. The van der Waals surface area contributed by atoms with Crippen molar-refractivity contribution >= 4 is 0 Å². The van der Waals surface area contributed by atoms with Crippen LogP contribution in [0.5, 0.6) is 11.5 Å². The lowest BCUT2D eigenvalue weighted by atomic mass is 9.94. The van der Waals surface area contributed by atoms with Gasteiger partial charge in [0.15, 0.2) is 11.5 Å². The van der Waals surface area contributed by atoms with E-state index in [9.17, 15) is 5.11 Å². The average molecular weight is 278 g/mol. The molecule has 0 radical (unpaired) electrons. The van der Waals surface area contributed by atoms with Crippen LogP contribution >= 0.6 is 0 Å². The Balaban J connectivity index is 1.81. The molecular weight excluding hydrogens is 256 g/mol. The zero-order valence-corrected chi connectivity index (χ0v) is 12.0. The molecule has 0 bridgehead atoms. The van der Waals surface area contributed by atoms with E-state index in [1.165, 1.54) is 0 Å². The van der Waals surface area contributed by atoms with E-state index in [0.717, 1.165) is 30.1 Å². The van der Waals surface area contributed by atoms with Crippen molar-refractivity contribution in [2.45, 2.75) is 32.5 Å². The molecule has 1 saturated heterocycles. The highest BCUT2D eigenvalue weighted by molar-refractivity contribution is 5.44. The Morgan fingerprint density at radius 2 is 1.90 bits per heavy atom. The van der Waals surface area contributed by atoms with E-state index in [4.69, 9.17) is 14.2 Å². The fraction of sp³-hybridized carbons (Fsp3) is 0.625. The molecule has 0 saturated carbocycles. The first-order valence-corrected chi connectivity index (χ1v) is 7.34. The Labute approximate surface area is 119 Å². The summed E-state index contributed by atoms with van der Waals surface area (Å²) in [5.74, 6) is 2.22. The number of rotatable bonds is 2. The summed E-state index contributed by atoms with van der Waals surface area (Å²) >= 11 is 0. The minimum atomic E-state index is -0.609. The minimum Gasteiger partial charge on any atom is -0.489 e. The first kappa shape index (κ1) is 13.7. The van der Waals surface area contributed by atoms with Crippen LogP contribution in [0.1, 0.15) is 31.9 Å². The van der Waals surface area contributed by atoms with Crippen molar-refractivity contribution in [2.24, 2.45) is 11.8 Å². The lowest BCUT2D eigenvalue weighted by Crippen LogP contribution is -2.23. The summed E-state index contributed by atoms with van der Waals surface area (Å²) in [5.41, 5.74) is 0.834. The second-order valence-electron chi connectivity index (χ2n) is 5.98. The summed E-state index contributed by atoms with van der Waals surface area (Å²) in [6.45, 7) is 6.24. The Kier molecular flexibility index (Phi) is 3.85. The molecule has 4 heteroatoms. The Hall–Kier alpha value is -1.26. The quantitative estimate of drug-likeness (QED) is 0.903. The van der Waals surface area contributed by atoms with Crippen molar-refractivity contribution in [3.05, 3.63) is 23.8 Å². The number of benzene rings is 1. The molecule has 1 N–H and O–H groups in total. The van der Waals surface area contributed by atoms with E-state index in [1.807, 2.05) is 18.2 Å². The number of aliphatic hydroxyl groups is 1. The lowest BCUT2D eigenvalue weighted by molar-refractivity contribution is -0.0179. The Morgan fingerprint density at radius 3 is 2.60 bits per heavy atom. The van der Waals surface area contributed by atoms with E-state index in [1.54, 1.807) is 0 Å². The van der Waals surface area contributed by atoms with Crippen LogP contribution in [-0.2, 0) is 4.74 Å². The fourth-order valence-corrected chi connectivity index (χ4v) is 2.76. The molecule has 0 spiro atoms. The minimum absolute atomic E-state index is 0.126. The number of aliphatic hydroxyl groups excluding tert-OH is 1. The summed E-state index contributed by atoms with van der Waals surface area (Å²) in [7, 11) is 0. The molecule has 2 aliphatic heterocycles. The smallest absolute Gasteiger partial charge is 0.161 e. The molecule has 3 rings (SSSR count). The van der Waals surface area contributed by atoms with Crippen LogP contribution in [0, 0.1) is 11.8 Å². The molecule has 4 atom stereocenters. The molecule has 20 heavy (non-hydrogen) atoms. The van der Waals surface area contributed by atoms with E-state index in [2.05, 4.69) is 13.8 Å². The van der Waals surface area contributed by atoms with E-state index in [0.29, 0.717) is 25.0 Å². The molecule has 2 heterocycles. The lowest BCUT2D eigenvalue weighted by Gasteiger charge is -2.22. The number of hydrogen-bond acceptors (Lipinski definition) is 4. The van der Waals surface area contributed by atoms with Crippen molar-refractivity contribution in [2.75, 3.05) is 19.8 Å².